The second kappa shape index (κ2) is 12.4. The molecule has 0 radical (unpaired) electrons. The third kappa shape index (κ3) is 6.00. The molecule has 0 aromatic heterocycles. The number of hydrogen-bond acceptors (Lipinski definition) is 6. The van der Waals surface area contributed by atoms with Crippen molar-refractivity contribution in [2.75, 3.05) is 46.0 Å². The van der Waals surface area contributed by atoms with Gasteiger partial charge in [-0.05, 0) is 54.2 Å². The molecule has 202 valence electrons. The van der Waals surface area contributed by atoms with Crippen LogP contribution in [0.1, 0.15) is 54.5 Å². The highest BCUT2D eigenvalue weighted by molar-refractivity contribution is 6.46. The van der Waals surface area contributed by atoms with E-state index in [-0.39, 0.29) is 11.3 Å². The Balaban J connectivity index is 1.69. The molecule has 0 spiro atoms. The molecule has 38 heavy (non-hydrogen) atoms. The topological polar surface area (TPSA) is 79.3 Å². The first-order chi connectivity index (χ1) is 18.3. The number of aliphatic hydroxyl groups excluding tert-OH is 1. The molecule has 2 aromatic carbocycles. The molecule has 7 heteroatoms. The molecule has 7 nitrogen and oxygen atoms in total. The van der Waals surface area contributed by atoms with Gasteiger partial charge < -0.3 is 19.5 Å². The van der Waals surface area contributed by atoms with E-state index < -0.39 is 17.7 Å². The number of carbonyl (C=O) groups is 2. The Morgan fingerprint density at radius 2 is 1.84 bits per heavy atom. The summed E-state index contributed by atoms with van der Waals surface area (Å²) in [5.74, 6) is -0.394. The molecule has 1 amide bonds. The quantitative estimate of drug-likeness (QED) is 0.210. The maximum atomic E-state index is 13.4. The van der Waals surface area contributed by atoms with E-state index in [0.29, 0.717) is 43.6 Å². The number of carbonyl (C=O) groups excluding carboxylic acids is 2. The molecule has 2 aliphatic rings. The second-order valence-electron chi connectivity index (χ2n) is 10.2. The van der Waals surface area contributed by atoms with Crippen LogP contribution in [0.4, 0.5) is 0 Å². The summed E-state index contributed by atoms with van der Waals surface area (Å²) in [5.41, 5.74) is 3.36. The van der Waals surface area contributed by atoms with Crippen LogP contribution in [0.15, 0.2) is 60.7 Å². The summed E-state index contributed by atoms with van der Waals surface area (Å²) >= 11 is 0. The first-order valence-electron chi connectivity index (χ1n) is 13.3. The maximum Gasteiger partial charge on any atom is 0.295 e. The summed E-state index contributed by atoms with van der Waals surface area (Å²) in [4.78, 5) is 30.7. The Morgan fingerprint density at radius 1 is 1.13 bits per heavy atom. The van der Waals surface area contributed by atoms with Gasteiger partial charge in [-0.3, -0.25) is 14.5 Å². The molecule has 0 bridgehead atoms. The van der Waals surface area contributed by atoms with Crippen molar-refractivity contribution in [3.8, 4) is 5.75 Å². The fourth-order valence-corrected chi connectivity index (χ4v) is 5.10. The Labute approximate surface area is 225 Å². The molecule has 1 N–H and O–H groups in total. The molecule has 2 heterocycles. The average Bonchev–Trinajstić information content (AvgIpc) is 3.17. The molecule has 0 saturated carbocycles. The zero-order chi connectivity index (χ0) is 27.2. The number of ketones is 1. The summed E-state index contributed by atoms with van der Waals surface area (Å²) in [6.45, 7) is 14.5. The van der Waals surface area contributed by atoms with Crippen LogP contribution in [0.3, 0.4) is 0 Å². The Bertz CT molecular complexity index is 1200. The van der Waals surface area contributed by atoms with Crippen LogP contribution in [0.25, 0.3) is 5.76 Å². The van der Waals surface area contributed by atoms with Gasteiger partial charge in [0.2, 0.25) is 0 Å². The van der Waals surface area contributed by atoms with E-state index in [1.54, 1.807) is 23.1 Å². The lowest BCUT2D eigenvalue weighted by Gasteiger charge is -2.29. The highest BCUT2D eigenvalue weighted by atomic mass is 16.5. The third-order valence-corrected chi connectivity index (χ3v) is 7.26. The second-order valence-corrected chi connectivity index (χ2v) is 10.2. The Kier molecular flexibility index (Phi) is 9.02. The minimum Gasteiger partial charge on any atom is -0.507 e. The number of nitrogens with zero attached hydrogens (tertiary/aromatic N) is 2. The maximum absolute atomic E-state index is 13.4. The van der Waals surface area contributed by atoms with E-state index in [0.717, 1.165) is 37.2 Å². The lowest BCUT2D eigenvalue weighted by Crippen LogP contribution is -2.38. The molecular formula is C31H38N2O5. The monoisotopic (exact) mass is 518 g/mol. The van der Waals surface area contributed by atoms with Gasteiger partial charge in [-0.1, -0.05) is 50.8 Å². The molecule has 0 aliphatic carbocycles. The fourth-order valence-electron chi connectivity index (χ4n) is 5.10. The molecule has 2 saturated heterocycles. The van der Waals surface area contributed by atoms with Gasteiger partial charge in [0.1, 0.15) is 18.1 Å². The van der Waals surface area contributed by atoms with Crippen molar-refractivity contribution in [1.82, 2.24) is 9.80 Å². The number of amides is 1. The Hall–Kier alpha value is -3.42. The molecular weight excluding hydrogens is 480 g/mol. The number of rotatable bonds is 10. The van der Waals surface area contributed by atoms with Gasteiger partial charge in [-0.25, -0.2) is 0 Å². The van der Waals surface area contributed by atoms with Crippen molar-refractivity contribution in [1.29, 1.82) is 0 Å². The van der Waals surface area contributed by atoms with E-state index in [2.05, 4.69) is 25.3 Å². The van der Waals surface area contributed by atoms with Gasteiger partial charge in [-0.2, -0.15) is 0 Å². The summed E-state index contributed by atoms with van der Waals surface area (Å²) in [7, 11) is 0. The van der Waals surface area contributed by atoms with Gasteiger partial charge in [-0.15, -0.1) is 0 Å². The number of ether oxygens (including phenoxy) is 2. The van der Waals surface area contributed by atoms with Crippen molar-refractivity contribution >= 4 is 17.4 Å². The van der Waals surface area contributed by atoms with Gasteiger partial charge in [0.05, 0.1) is 24.8 Å². The fraction of sp³-hybridized carbons (Fsp3) is 0.419. The van der Waals surface area contributed by atoms with Gasteiger partial charge >= 0.3 is 0 Å². The SMILES string of the molecule is C=CCOc1ccc(C(O)=C2C(=O)C(=O)N(CCCN3CCOCC3)[C@H]2c2ccc(C(C)C)cc2)c(C)c1. The highest BCUT2D eigenvalue weighted by Crippen LogP contribution is 2.40. The van der Waals surface area contributed by atoms with Crippen LogP contribution in [0.2, 0.25) is 0 Å². The number of aliphatic hydroxyl groups is 1. The van der Waals surface area contributed by atoms with Crippen LogP contribution >= 0.6 is 0 Å². The van der Waals surface area contributed by atoms with Crippen molar-refractivity contribution < 1.29 is 24.2 Å². The summed E-state index contributed by atoms with van der Waals surface area (Å²) < 4.78 is 11.0. The largest absolute Gasteiger partial charge is 0.507 e. The van der Waals surface area contributed by atoms with E-state index in [1.165, 1.54) is 5.56 Å². The van der Waals surface area contributed by atoms with Gasteiger partial charge in [0.15, 0.2) is 0 Å². The number of benzene rings is 2. The lowest BCUT2D eigenvalue weighted by molar-refractivity contribution is -0.140. The van der Waals surface area contributed by atoms with Crippen molar-refractivity contribution in [2.45, 2.75) is 39.2 Å². The third-order valence-electron chi connectivity index (χ3n) is 7.26. The molecule has 2 fully saturated rings. The first-order valence-corrected chi connectivity index (χ1v) is 13.3. The summed E-state index contributed by atoms with van der Waals surface area (Å²) in [6, 6.07) is 12.6. The molecule has 1 atom stereocenters. The number of likely N-dealkylation sites (tertiary alicyclic amines) is 1. The molecule has 2 aromatic rings. The molecule has 2 aliphatic heterocycles. The smallest absolute Gasteiger partial charge is 0.295 e. The predicted molar refractivity (Wildman–Crippen MR) is 148 cm³/mol. The minimum absolute atomic E-state index is 0.126. The minimum atomic E-state index is -0.656. The number of aryl methyl sites for hydroxylation is 1. The van der Waals surface area contributed by atoms with Crippen LogP contribution in [0, 0.1) is 6.92 Å². The Morgan fingerprint density at radius 3 is 2.47 bits per heavy atom. The molecule has 0 unspecified atom stereocenters. The first kappa shape index (κ1) is 27.6. The summed E-state index contributed by atoms with van der Waals surface area (Å²) in [6.07, 6.45) is 2.39. The van der Waals surface area contributed by atoms with Gasteiger partial charge in [0.25, 0.3) is 11.7 Å². The summed E-state index contributed by atoms with van der Waals surface area (Å²) in [5, 5.41) is 11.5. The molecule has 4 rings (SSSR count). The van der Waals surface area contributed by atoms with Crippen molar-refractivity contribution in [2.24, 2.45) is 0 Å². The van der Waals surface area contributed by atoms with E-state index in [9.17, 15) is 14.7 Å². The van der Waals surface area contributed by atoms with E-state index >= 15 is 0 Å². The predicted octanol–water partition coefficient (Wildman–Crippen LogP) is 4.83. The normalized spacial score (nSPS) is 19.8. The zero-order valence-electron chi connectivity index (χ0n) is 22.6. The zero-order valence-corrected chi connectivity index (χ0v) is 22.6. The van der Waals surface area contributed by atoms with Crippen LogP contribution in [-0.4, -0.2) is 72.6 Å². The van der Waals surface area contributed by atoms with Crippen molar-refractivity contribution in [3.63, 3.8) is 0 Å². The van der Waals surface area contributed by atoms with E-state index in [1.807, 2.05) is 37.3 Å². The van der Waals surface area contributed by atoms with Crippen LogP contribution in [-0.2, 0) is 14.3 Å². The number of Topliss-reactive ketones (excluding diaryl/α,β-unsaturated/α-hetero) is 1. The van der Waals surface area contributed by atoms with Crippen LogP contribution < -0.4 is 4.74 Å². The highest BCUT2D eigenvalue weighted by Gasteiger charge is 2.46. The average molecular weight is 519 g/mol. The van der Waals surface area contributed by atoms with Gasteiger partial charge in [0, 0.05) is 31.7 Å². The van der Waals surface area contributed by atoms with E-state index in [4.69, 9.17) is 9.47 Å². The lowest BCUT2D eigenvalue weighted by atomic mass is 9.92. The standard InChI is InChI=1S/C31H38N2O5/c1-5-17-38-25-11-12-26(22(4)20-25)29(34)27-28(24-9-7-23(8-10-24)21(2)3)33(31(36)30(27)35)14-6-13-32-15-18-37-19-16-32/h5,7-12,20-21,28,34H,1,6,13-19H2,2-4H3/t28-/m0/s1. The van der Waals surface area contributed by atoms with Crippen LogP contribution in [0.5, 0.6) is 5.75 Å². The number of hydrogen-bond donors (Lipinski definition) is 1. The van der Waals surface area contributed by atoms with Crippen molar-refractivity contribution in [3.05, 3.63) is 82.9 Å². The number of morpholine rings is 1.